The predicted octanol–water partition coefficient (Wildman–Crippen LogP) is 2.62. The maximum Gasteiger partial charge on any atom is 0.159 e. The first-order chi connectivity index (χ1) is 7.78. The molecule has 2 aliphatic rings. The molecule has 2 fully saturated rings. The second-order valence-corrected chi connectivity index (χ2v) is 5.00. The zero-order valence-corrected chi connectivity index (χ0v) is 9.78. The molecule has 0 amide bonds. The van der Waals surface area contributed by atoms with Gasteiger partial charge in [-0.3, -0.25) is 4.90 Å². The van der Waals surface area contributed by atoms with Gasteiger partial charge in [0.25, 0.3) is 0 Å². The number of hydrogen-bond acceptors (Lipinski definition) is 3. The Morgan fingerprint density at radius 3 is 2.75 bits per heavy atom. The van der Waals surface area contributed by atoms with Crippen molar-refractivity contribution in [2.75, 3.05) is 13.1 Å². The van der Waals surface area contributed by atoms with Gasteiger partial charge in [-0.05, 0) is 51.8 Å². The third kappa shape index (κ3) is 1.59. The Morgan fingerprint density at radius 2 is 2.12 bits per heavy atom. The minimum absolute atomic E-state index is 0.334. The average molecular weight is 218 g/mol. The van der Waals surface area contributed by atoms with E-state index in [2.05, 4.69) is 22.2 Å². The van der Waals surface area contributed by atoms with Crippen LogP contribution in [0.25, 0.3) is 6.08 Å². The van der Waals surface area contributed by atoms with E-state index in [0.29, 0.717) is 5.54 Å². The smallest absolute Gasteiger partial charge is 0.159 e. The second kappa shape index (κ2) is 3.74. The lowest BCUT2D eigenvalue weighted by Gasteiger charge is -2.28. The van der Waals surface area contributed by atoms with Crippen molar-refractivity contribution >= 4 is 6.08 Å². The van der Waals surface area contributed by atoms with Crippen molar-refractivity contribution in [2.24, 2.45) is 0 Å². The highest BCUT2D eigenvalue weighted by atomic mass is 16.5. The maximum absolute atomic E-state index is 5.21. The van der Waals surface area contributed by atoms with Crippen molar-refractivity contribution in [3.05, 3.63) is 23.6 Å². The van der Waals surface area contributed by atoms with Crippen LogP contribution in [0.3, 0.4) is 0 Å². The van der Waals surface area contributed by atoms with Crippen LogP contribution >= 0.6 is 0 Å². The molecule has 0 radical (unpaired) electrons. The minimum Gasteiger partial charge on any atom is -0.357 e. The fourth-order valence-corrected chi connectivity index (χ4v) is 3.12. The topological polar surface area (TPSA) is 29.3 Å². The van der Waals surface area contributed by atoms with Crippen molar-refractivity contribution in [3.8, 4) is 0 Å². The molecule has 3 heterocycles. The number of fused-ring (bicyclic) bond motifs is 1. The molecule has 0 aliphatic carbocycles. The van der Waals surface area contributed by atoms with Crippen LogP contribution in [0.15, 0.2) is 16.7 Å². The van der Waals surface area contributed by atoms with Crippen molar-refractivity contribution in [1.29, 1.82) is 0 Å². The Balaban J connectivity index is 1.80. The van der Waals surface area contributed by atoms with Gasteiger partial charge < -0.3 is 4.52 Å². The SMILES string of the molecule is Cc1cc(/C=C/C23CCCN2CCC3)on1. The van der Waals surface area contributed by atoms with Gasteiger partial charge in [-0.15, -0.1) is 0 Å². The zero-order valence-electron chi connectivity index (χ0n) is 9.78. The molecule has 2 saturated heterocycles. The first-order valence-electron chi connectivity index (χ1n) is 6.16. The summed E-state index contributed by atoms with van der Waals surface area (Å²) in [6.07, 6.45) is 9.71. The average Bonchev–Trinajstić information content (AvgIpc) is 2.89. The summed E-state index contributed by atoms with van der Waals surface area (Å²) < 4.78 is 5.21. The van der Waals surface area contributed by atoms with Crippen molar-refractivity contribution < 1.29 is 4.52 Å². The van der Waals surface area contributed by atoms with E-state index in [9.17, 15) is 0 Å². The summed E-state index contributed by atoms with van der Waals surface area (Å²) in [5.41, 5.74) is 1.28. The first-order valence-corrected chi connectivity index (χ1v) is 6.16. The highest BCUT2D eigenvalue weighted by Gasteiger charge is 2.41. The Labute approximate surface area is 96.1 Å². The molecule has 0 saturated carbocycles. The largest absolute Gasteiger partial charge is 0.357 e. The lowest BCUT2D eigenvalue weighted by atomic mass is 9.93. The van der Waals surface area contributed by atoms with Crippen LogP contribution in [0.1, 0.15) is 37.1 Å². The molecule has 1 aromatic heterocycles. The van der Waals surface area contributed by atoms with Gasteiger partial charge in [-0.25, -0.2) is 0 Å². The van der Waals surface area contributed by atoms with Crippen LogP contribution in [0.5, 0.6) is 0 Å². The minimum atomic E-state index is 0.334. The molecule has 0 N–H and O–H groups in total. The van der Waals surface area contributed by atoms with E-state index in [1.165, 1.54) is 38.8 Å². The fraction of sp³-hybridized carbons (Fsp3) is 0.615. The summed E-state index contributed by atoms with van der Waals surface area (Å²) in [5.74, 6) is 0.880. The molecule has 3 nitrogen and oxygen atoms in total. The summed E-state index contributed by atoms with van der Waals surface area (Å²) in [4.78, 5) is 2.62. The van der Waals surface area contributed by atoms with Gasteiger partial charge in [-0.2, -0.15) is 0 Å². The molecule has 0 bridgehead atoms. The van der Waals surface area contributed by atoms with Gasteiger partial charge in [0.15, 0.2) is 5.76 Å². The number of hydrogen-bond donors (Lipinski definition) is 0. The van der Waals surface area contributed by atoms with Crippen LogP contribution in [0.4, 0.5) is 0 Å². The zero-order chi connectivity index (χ0) is 11.0. The summed E-state index contributed by atoms with van der Waals surface area (Å²) in [6, 6.07) is 1.99. The van der Waals surface area contributed by atoms with E-state index in [-0.39, 0.29) is 0 Å². The Hall–Kier alpha value is -1.09. The molecule has 1 aromatic rings. The lowest BCUT2D eigenvalue weighted by Crippen LogP contribution is -2.35. The van der Waals surface area contributed by atoms with Crippen LogP contribution in [0.2, 0.25) is 0 Å². The number of aryl methyl sites for hydroxylation is 1. The molecule has 0 unspecified atom stereocenters. The lowest BCUT2D eigenvalue weighted by molar-refractivity contribution is 0.251. The molecular formula is C13H18N2O. The molecule has 3 rings (SSSR count). The van der Waals surface area contributed by atoms with Crippen molar-refractivity contribution in [2.45, 2.75) is 38.1 Å². The molecule has 2 aliphatic heterocycles. The molecule has 0 spiro atoms. The normalized spacial score (nSPS) is 24.3. The van der Waals surface area contributed by atoms with Gasteiger partial charge in [0.05, 0.1) is 5.69 Å². The van der Waals surface area contributed by atoms with E-state index < -0.39 is 0 Å². The molecule has 0 atom stereocenters. The van der Waals surface area contributed by atoms with Crippen LogP contribution in [-0.4, -0.2) is 28.7 Å². The molecule has 0 aromatic carbocycles. The fourth-order valence-electron chi connectivity index (χ4n) is 3.12. The van der Waals surface area contributed by atoms with Gasteiger partial charge in [0.2, 0.25) is 0 Å². The number of aromatic nitrogens is 1. The van der Waals surface area contributed by atoms with Gasteiger partial charge in [-0.1, -0.05) is 11.2 Å². The Morgan fingerprint density at radius 1 is 1.38 bits per heavy atom. The van der Waals surface area contributed by atoms with Gasteiger partial charge in [0.1, 0.15) is 0 Å². The number of rotatable bonds is 2. The van der Waals surface area contributed by atoms with E-state index in [1.807, 2.05) is 13.0 Å². The highest BCUT2D eigenvalue weighted by Crippen LogP contribution is 2.40. The Kier molecular flexibility index (Phi) is 2.36. The summed E-state index contributed by atoms with van der Waals surface area (Å²) in [5, 5.41) is 3.91. The standard InChI is InChI=1S/C13H18N2O/c1-11-10-12(16-14-11)4-7-13-5-2-8-15(13)9-3-6-13/h4,7,10H,2-3,5-6,8-9H2,1H3/b7-4+. The number of nitrogens with zero attached hydrogens (tertiary/aromatic N) is 2. The van der Waals surface area contributed by atoms with Crippen LogP contribution in [0, 0.1) is 6.92 Å². The van der Waals surface area contributed by atoms with Crippen molar-refractivity contribution in [1.82, 2.24) is 10.1 Å². The predicted molar refractivity (Wildman–Crippen MR) is 63.0 cm³/mol. The Bertz CT molecular complexity index is 398. The van der Waals surface area contributed by atoms with Gasteiger partial charge in [0, 0.05) is 11.6 Å². The third-order valence-corrected chi connectivity index (χ3v) is 3.91. The summed E-state index contributed by atoms with van der Waals surface area (Å²) in [7, 11) is 0. The van der Waals surface area contributed by atoms with Crippen molar-refractivity contribution in [3.63, 3.8) is 0 Å². The van der Waals surface area contributed by atoms with Gasteiger partial charge >= 0.3 is 0 Å². The van der Waals surface area contributed by atoms with E-state index >= 15 is 0 Å². The summed E-state index contributed by atoms with van der Waals surface area (Å²) in [6.45, 7) is 4.48. The van der Waals surface area contributed by atoms with E-state index in [1.54, 1.807) is 0 Å². The van der Waals surface area contributed by atoms with E-state index in [0.717, 1.165) is 11.5 Å². The summed E-state index contributed by atoms with van der Waals surface area (Å²) >= 11 is 0. The van der Waals surface area contributed by atoms with Crippen LogP contribution in [-0.2, 0) is 0 Å². The third-order valence-electron chi connectivity index (χ3n) is 3.91. The maximum atomic E-state index is 5.21. The second-order valence-electron chi connectivity index (χ2n) is 5.00. The van der Waals surface area contributed by atoms with E-state index in [4.69, 9.17) is 4.52 Å². The highest BCUT2D eigenvalue weighted by molar-refractivity contribution is 5.45. The van der Waals surface area contributed by atoms with Crippen LogP contribution < -0.4 is 0 Å². The molecule has 16 heavy (non-hydrogen) atoms. The molecular weight excluding hydrogens is 200 g/mol. The monoisotopic (exact) mass is 218 g/mol. The molecule has 3 heteroatoms. The molecule has 86 valence electrons. The first kappa shape index (κ1) is 10.1. The quantitative estimate of drug-likeness (QED) is 0.764.